The van der Waals surface area contributed by atoms with E-state index in [0.29, 0.717) is 17.9 Å². The van der Waals surface area contributed by atoms with Gasteiger partial charge in [0, 0.05) is 17.6 Å². The number of hydrogen-bond acceptors (Lipinski definition) is 1. The lowest BCUT2D eigenvalue weighted by atomic mass is 9.98. The second-order valence-electron chi connectivity index (χ2n) is 5.85. The molecule has 0 heterocycles. The Morgan fingerprint density at radius 3 is 2.28 bits per heavy atom. The van der Waals surface area contributed by atoms with Gasteiger partial charge in [0.2, 0.25) is 0 Å². The molecule has 0 saturated heterocycles. The van der Waals surface area contributed by atoms with Crippen LogP contribution in [0.5, 0.6) is 0 Å². The zero-order chi connectivity index (χ0) is 13.3. The second-order valence-corrected chi connectivity index (χ2v) is 5.85. The fourth-order valence-corrected chi connectivity index (χ4v) is 2.35. The van der Waals surface area contributed by atoms with Crippen molar-refractivity contribution in [3.63, 3.8) is 0 Å². The molecule has 1 fully saturated rings. The van der Waals surface area contributed by atoms with Crippen LogP contribution in [0.15, 0.2) is 18.2 Å². The summed E-state index contributed by atoms with van der Waals surface area (Å²) < 4.78 is 27.1. The molecule has 0 aliphatic heterocycles. The van der Waals surface area contributed by atoms with Crippen LogP contribution in [0.3, 0.4) is 0 Å². The standard InChI is InChI=1S/C15H21F2N/c1-10(18-11(2)15(3)7-8-15)9-12-13(16)5-4-6-14(12)17/h4-6,10-11,18H,7-9H2,1-3H3. The molecule has 0 radical (unpaired) electrons. The highest BCUT2D eigenvalue weighted by Crippen LogP contribution is 2.48. The van der Waals surface area contributed by atoms with Gasteiger partial charge in [0.15, 0.2) is 0 Å². The Morgan fingerprint density at radius 2 is 1.78 bits per heavy atom. The molecule has 0 aromatic heterocycles. The van der Waals surface area contributed by atoms with Gasteiger partial charge >= 0.3 is 0 Å². The second kappa shape index (κ2) is 4.96. The van der Waals surface area contributed by atoms with Gasteiger partial charge in [0.25, 0.3) is 0 Å². The largest absolute Gasteiger partial charge is 0.311 e. The van der Waals surface area contributed by atoms with Crippen molar-refractivity contribution in [2.45, 2.75) is 52.1 Å². The van der Waals surface area contributed by atoms with Crippen molar-refractivity contribution in [1.82, 2.24) is 5.32 Å². The van der Waals surface area contributed by atoms with Gasteiger partial charge < -0.3 is 5.32 Å². The van der Waals surface area contributed by atoms with Crippen molar-refractivity contribution in [2.24, 2.45) is 5.41 Å². The maximum atomic E-state index is 13.5. The average Bonchev–Trinajstić information content (AvgIpc) is 3.03. The molecule has 1 N–H and O–H groups in total. The van der Waals surface area contributed by atoms with E-state index in [1.165, 1.54) is 31.0 Å². The fraction of sp³-hybridized carbons (Fsp3) is 0.600. The summed E-state index contributed by atoms with van der Waals surface area (Å²) in [5.74, 6) is -0.900. The van der Waals surface area contributed by atoms with Gasteiger partial charge in [-0.15, -0.1) is 0 Å². The van der Waals surface area contributed by atoms with Crippen molar-refractivity contribution >= 4 is 0 Å². The molecule has 0 amide bonds. The van der Waals surface area contributed by atoms with Crippen LogP contribution in [0.4, 0.5) is 8.78 Å². The third-order valence-electron chi connectivity index (χ3n) is 4.19. The molecule has 1 aromatic rings. The van der Waals surface area contributed by atoms with E-state index in [4.69, 9.17) is 0 Å². The number of nitrogens with one attached hydrogen (secondary N) is 1. The topological polar surface area (TPSA) is 12.0 Å². The molecular weight excluding hydrogens is 232 g/mol. The molecule has 100 valence electrons. The van der Waals surface area contributed by atoms with Crippen molar-refractivity contribution in [1.29, 1.82) is 0 Å². The lowest BCUT2D eigenvalue weighted by Gasteiger charge is -2.25. The van der Waals surface area contributed by atoms with Crippen LogP contribution in [0.1, 0.15) is 39.2 Å². The fourth-order valence-electron chi connectivity index (χ4n) is 2.35. The third-order valence-corrected chi connectivity index (χ3v) is 4.19. The minimum absolute atomic E-state index is 0.0730. The molecule has 1 nitrogen and oxygen atoms in total. The van der Waals surface area contributed by atoms with Crippen LogP contribution in [0, 0.1) is 17.0 Å². The Kier molecular flexibility index (Phi) is 3.71. The Balaban J connectivity index is 1.96. The lowest BCUT2D eigenvalue weighted by molar-refractivity contribution is 0.342. The maximum Gasteiger partial charge on any atom is 0.129 e. The minimum atomic E-state index is -0.450. The van der Waals surface area contributed by atoms with E-state index in [2.05, 4.69) is 19.2 Å². The van der Waals surface area contributed by atoms with Gasteiger partial charge in [0.1, 0.15) is 11.6 Å². The summed E-state index contributed by atoms with van der Waals surface area (Å²) in [6, 6.07) is 4.50. The predicted octanol–water partition coefficient (Wildman–Crippen LogP) is 3.67. The minimum Gasteiger partial charge on any atom is -0.311 e. The van der Waals surface area contributed by atoms with Crippen molar-refractivity contribution in [3.8, 4) is 0 Å². The summed E-state index contributed by atoms with van der Waals surface area (Å²) >= 11 is 0. The van der Waals surface area contributed by atoms with Crippen molar-refractivity contribution in [2.75, 3.05) is 0 Å². The molecular formula is C15H21F2N. The summed E-state index contributed by atoms with van der Waals surface area (Å²) in [7, 11) is 0. The number of rotatable bonds is 5. The molecule has 1 aliphatic carbocycles. The zero-order valence-corrected chi connectivity index (χ0v) is 11.3. The van der Waals surface area contributed by atoms with E-state index in [0.717, 1.165) is 0 Å². The van der Waals surface area contributed by atoms with Crippen LogP contribution in [-0.4, -0.2) is 12.1 Å². The van der Waals surface area contributed by atoms with Gasteiger partial charge in [-0.3, -0.25) is 0 Å². The monoisotopic (exact) mass is 253 g/mol. The van der Waals surface area contributed by atoms with Crippen LogP contribution in [0.2, 0.25) is 0 Å². The first-order chi connectivity index (χ1) is 8.42. The summed E-state index contributed by atoms with van der Waals surface area (Å²) in [6.45, 7) is 6.39. The van der Waals surface area contributed by atoms with Gasteiger partial charge in [-0.25, -0.2) is 8.78 Å². The normalized spacial score (nSPS) is 20.5. The van der Waals surface area contributed by atoms with Gasteiger partial charge in [-0.05, 0) is 50.7 Å². The average molecular weight is 253 g/mol. The van der Waals surface area contributed by atoms with Crippen LogP contribution in [0.25, 0.3) is 0 Å². The SMILES string of the molecule is CC(Cc1c(F)cccc1F)NC(C)C1(C)CC1. The molecule has 0 spiro atoms. The van der Waals surface area contributed by atoms with E-state index in [1.807, 2.05) is 6.92 Å². The molecule has 2 atom stereocenters. The first-order valence-corrected chi connectivity index (χ1v) is 6.61. The van der Waals surface area contributed by atoms with Crippen LogP contribution < -0.4 is 5.32 Å². The van der Waals surface area contributed by atoms with E-state index in [9.17, 15) is 8.78 Å². The summed E-state index contributed by atoms with van der Waals surface area (Å²) in [4.78, 5) is 0. The first-order valence-electron chi connectivity index (χ1n) is 6.61. The Labute approximate surface area is 108 Å². The van der Waals surface area contributed by atoms with Gasteiger partial charge in [-0.2, -0.15) is 0 Å². The molecule has 2 rings (SSSR count). The van der Waals surface area contributed by atoms with E-state index in [1.54, 1.807) is 0 Å². The van der Waals surface area contributed by atoms with Gasteiger partial charge in [-0.1, -0.05) is 13.0 Å². The summed E-state index contributed by atoms with van der Waals surface area (Å²) in [6.07, 6.45) is 2.86. The number of halogens is 2. The summed E-state index contributed by atoms with van der Waals surface area (Å²) in [5.41, 5.74) is 0.563. The van der Waals surface area contributed by atoms with Crippen LogP contribution in [-0.2, 0) is 6.42 Å². The zero-order valence-electron chi connectivity index (χ0n) is 11.3. The molecule has 18 heavy (non-hydrogen) atoms. The quantitative estimate of drug-likeness (QED) is 0.844. The highest BCUT2D eigenvalue weighted by molar-refractivity contribution is 5.20. The molecule has 1 aromatic carbocycles. The summed E-state index contributed by atoms with van der Waals surface area (Å²) in [5, 5.41) is 3.45. The predicted molar refractivity (Wildman–Crippen MR) is 69.5 cm³/mol. The molecule has 0 bridgehead atoms. The van der Waals surface area contributed by atoms with E-state index >= 15 is 0 Å². The lowest BCUT2D eigenvalue weighted by Crippen LogP contribution is -2.40. The van der Waals surface area contributed by atoms with Crippen LogP contribution >= 0.6 is 0 Å². The van der Waals surface area contributed by atoms with Gasteiger partial charge in [0.05, 0.1) is 0 Å². The van der Waals surface area contributed by atoms with E-state index in [-0.39, 0.29) is 11.6 Å². The Bertz CT molecular complexity index is 406. The first kappa shape index (κ1) is 13.5. The highest BCUT2D eigenvalue weighted by atomic mass is 19.1. The molecule has 1 saturated carbocycles. The van der Waals surface area contributed by atoms with Crippen molar-refractivity contribution in [3.05, 3.63) is 35.4 Å². The molecule has 1 aliphatic rings. The third kappa shape index (κ3) is 2.89. The maximum absolute atomic E-state index is 13.5. The highest BCUT2D eigenvalue weighted by Gasteiger charge is 2.42. The molecule has 3 heteroatoms. The molecule has 2 unspecified atom stereocenters. The number of benzene rings is 1. The Morgan fingerprint density at radius 1 is 1.22 bits per heavy atom. The van der Waals surface area contributed by atoms with Crippen molar-refractivity contribution < 1.29 is 8.78 Å². The Hall–Kier alpha value is -0.960. The number of hydrogen-bond donors (Lipinski definition) is 1. The van der Waals surface area contributed by atoms with E-state index < -0.39 is 11.6 Å². The smallest absolute Gasteiger partial charge is 0.129 e.